The number of hydrogen-bond acceptors (Lipinski definition) is 2. The number of carbonyl (C=O) groups is 1. The summed E-state index contributed by atoms with van der Waals surface area (Å²) in [5.41, 5.74) is 1.66. The molecule has 2 aliphatic carbocycles. The Hall–Kier alpha value is -0.790. The highest BCUT2D eigenvalue weighted by atomic mass is 16.5. The Balaban J connectivity index is 2.09. The number of esters is 1. The van der Waals surface area contributed by atoms with Gasteiger partial charge in [0, 0.05) is 6.92 Å². The first kappa shape index (κ1) is 9.75. The summed E-state index contributed by atoms with van der Waals surface area (Å²) in [6.07, 6.45) is 3.34. The van der Waals surface area contributed by atoms with Crippen molar-refractivity contribution in [1.82, 2.24) is 0 Å². The molecule has 3 atom stereocenters. The molecule has 0 unspecified atom stereocenters. The highest BCUT2D eigenvalue weighted by molar-refractivity contribution is 5.66. The van der Waals surface area contributed by atoms with Crippen molar-refractivity contribution in [2.24, 2.45) is 17.3 Å². The summed E-state index contributed by atoms with van der Waals surface area (Å²) in [5, 5.41) is 0. The summed E-state index contributed by atoms with van der Waals surface area (Å²) in [6, 6.07) is 0. The van der Waals surface area contributed by atoms with Gasteiger partial charge in [0.1, 0.15) is 6.10 Å². The third kappa shape index (κ3) is 1.37. The Morgan fingerprint density at radius 3 is 2.79 bits per heavy atom. The van der Waals surface area contributed by atoms with E-state index in [-0.39, 0.29) is 12.1 Å². The van der Waals surface area contributed by atoms with Crippen LogP contribution in [0.15, 0.2) is 11.6 Å². The number of hydrogen-bond donors (Lipinski definition) is 0. The van der Waals surface area contributed by atoms with E-state index in [1.165, 1.54) is 12.5 Å². The van der Waals surface area contributed by atoms with Crippen LogP contribution in [0.3, 0.4) is 0 Å². The molecular weight excluding hydrogens is 176 g/mol. The van der Waals surface area contributed by atoms with Crippen LogP contribution in [0.2, 0.25) is 0 Å². The van der Waals surface area contributed by atoms with Crippen LogP contribution in [0.4, 0.5) is 0 Å². The Kier molecular flexibility index (Phi) is 1.98. The molecule has 2 nitrogen and oxygen atoms in total. The van der Waals surface area contributed by atoms with Gasteiger partial charge in [0.15, 0.2) is 0 Å². The number of ether oxygens (including phenoxy) is 1. The predicted octanol–water partition coefficient (Wildman–Crippen LogP) is 2.54. The lowest BCUT2D eigenvalue weighted by Gasteiger charge is -2.20. The zero-order chi connectivity index (χ0) is 10.5. The Labute approximate surface area is 85.3 Å². The third-order valence-corrected chi connectivity index (χ3v) is 3.87. The molecule has 0 aromatic rings. The molecule has 0 N–H and O–H groups in total. The van der Waals surface area contributed by atoms with Crippen LogP contribution in [0, 0.1) is 17.3 Å². The van der Waals surface area contributed by atoms with Crippen molar-refractivity contribution in [1.29, 1.82) is 0 Å². The van der Waals surface area contributed by atoms with Gasteiger partial charge in [0.2, 0.25) is 0 Å². The van der Waals surface area contributed by atoms with Crippen molar-refractivity contribution in [2.75, 3.05) is 0 Å². The maximum Gasteiger partial charge on any atom is 0.303 e. The second-order valence-corrected chi connectivity index (χ2v) is 5.20. The molecule has 14 heavy (non-hydrogen) atoms. The molecule has 2 heteroatoms. The monoisotopic (exact) mass is 194 g/mol. The minimum absolute atomic E-state index is 0.0375. The summed E-state index contributed by atoms with van der Waals surface area (Å²) < 4.78 is 5.29. The first-order valence-corrected chi connectivity index (χ1v) is 5.28. The van der Waals surface area contributed by atoms with Crippen molar-refractivity contribution in [3.8, 4) is 0 Å². The first-order valence-electron chi connectivity index (χ1n) is 5.28. The van der Waals surface area contributed by atoms with E-state index in [4.69, 9.17) is 4.74 Å². The van der Waals surface area contributed by atoms with Gasteiger partial charge < -0.3 is 4.74 Å². The number of allylic oxidation sites excluding steroid dienone is 1. The van der Waals surface area contributed by atoms with Gasteiger partial charge in [0.05, 0.1) is 0 Å². The zero-order valence-corrected chi connectivity index (χ0v) is 9.33. The quantitative estimate of drug-likeness (QED) is 0.473. The molecule has 1 fully saturated rings. The second kappa shape index (κ2) is 2.85. The lowest BCUT2D eigenvalue weighted by Crippen LogP contribution is -2.21. The van der Waals surface area contributed by atoms with Crippen LogP contribution >= 0.6 is 0 Å². The summed E-state index contributed by atoms with van der Waals surface area (Å²) >= 11 is 0. The van der Waals surface area contributed by atoms with Crippen molar-refractivity contribution in [2.45, 2.75) is 40.2 Å². The Bertz CT molecular complexity index is 301. The maximum absolute atomic E-state index is 10.9. The number of rotatable bonds is 1. The molecule has 0 aliphatic heterocycles. The van der Waals surface area contributed by atoms with Crippen molar-refractivity contribution in [3.63, 3.8) is 0 Å². The van der Waals surface area contributed by atoms with Crippen LogP contribution in [0.1, 0.15) is 34.1 Å². The van der Waals surface area contributed by atoms with Crippen LogP contribution in [0.5, 0.6) is 0 Å². The van der Waals surface area contributed by atoms with Crippen molar-refractivity contribution < 1.29 is 9.53 Å². The molecule has 0 saturated heterocycles. The lowest BCUT2D eigenvalue weighted by atomic mass is 9.97. The fraction of sp³-hybridized carbons (Fsp3) is 0.750. The molecule has 0 heterocycles. The molecule has 1 saturated carbocycles. The smallest absolute Gasteiger partial charge is 0.303 e. The molecule has 0 radical (unpaired) electrons. The SMILES string of the molecule is CC(=O)O[C@@H]1C[C@H]2[C@@H](C=C1C)C2(C)C. The average molecular weight is 194 g/mol. The van der Waals surface area contributed by atoms with Gasteiger partial charge in [-0.3, -0.25) is 4.79 Å². The second-order valence-electron chi connectivity index (χ2n) is 5.20. The number of carbonyl (C=O) groups excluding carboxylic acids is 1. The molecule has 0 amide bonds. The largest absolute Gasteiger partial charge is 0.458 e. The van der Waals surface area contributed by atoms with Gasteiger partial charge in [0.25, 0.3) is 0 Å². The topological polar surface area (TPSA) is 26.3 Å². The molecule has 2 aliphatic rings. The van der Waals surface area contributed by atoms with Gasteiger partial charge in [-0.1, -0.05) is 19.9 Å². The molecular formula is C12H18O2. The lowest BCUT2D eigenvalue weighted by molar-refractivity contribution is -0.145. The molecule has 0 aromatic carbocycles. The zero-order valence-electron chi connectivity index (χ0n) is 9.33. The summed E-state index contributed by atoms with van der Waals surface area (Å²) in [6.45, 7) is 8.14. The predicted molar refractivity (Wildman–Crippen MR) is 54.7 cm³/mol. The standard InChI is InChI=1S/C12H18O2/c1-7-5-9-10(12(9,3)4)6-11(7)14-8(2)13/h5,9-11H,6H2,1-4H3/t9-,10+,11-/m1/s1. The van der Waals surface area contributed by atoms with Crippen molar-refractivity contribution in [3.05, 3.63) is 11.6 Å². The molecule has 0 bridgehead atoms. The Morgan fingerprint density at radius 1 is 1.57 bits per heavy atom. The summed E-state index contributed by atoms with van der Waals surface area (Å²) in [7, 11) is 0. The highest BCUT2D eigenvalue weighted by Gasteiger charge is 2.58. The third-order valence-electron chi connectivity index (χ3n) is 3.87. The number of fused-ring (bicyclic) bond motifs is 1. The Morgan fingerprint density at radius 2 is 2.21 bits per heavy atom. The van der Waals surface area contributed by atoms with E-state index in [0.717, 1.165) is 12.3 Å². The van der Waals surface area contributed by atoms with E-state index in [0.29, 0.717) is 11.3 Å². The maximum atomic E-state index is 10.9. The van der Waals surface area contributed by atoms with E-state index < -0.39 is 0 Å². The molecule has 0 aromatic heterocycles. The van der Waals surface area contributed by atoms with E-state index in [1.54, 1.807) is 0 Å². The average Bonchev–Trinajstić information content (AvgIpc) is 2.54. The van der Waals surface area contributed by atoms with Gasteiger partial charge in [-0.25, -0.2) is 0 Å². The van der Waals surface area contributed by atoms with E-state index in [1.807, 2.05) is 0 Å². The highest BCUT2D eigenvalue weighted by Crippen LogP contribution is 2.63. The van der Waals surface area contributed by atoms with Crippen molar-refractivity contribution >= 4 is 5.97 Å². The van der Waals surface area contributed by atoms with Gasteiger partial charge in [-0.05, 0) is 36.2 Å². The van der Waals surface area contributed by atoms with Crippen LogP contribution in [-0.2, 0) is 9.53 Å². The van der Waals surface area contributed by atoms with Crippen LogP contribution < -0.4 is 0 Å². The molecule has 78 valence electrons. The van der Waals surface area contributed by atoms with E-state index in [9.17, 15) is 4.79 Å². The van der Waals surface area contributed by atoms with E-state index >= 15 is 0 Å². The summed E-state index contributed by atoms with van der Waals surface area (Å²) in [4.78, 5) is 10.9. The van der Waals surface area contributed by atoms with Gasteiger partial charge >= 0.3 is 5.97 Å². The van der Waals surface area contributed by atoms with Gasteiger partial charge in [-0.15, -0.1) is 0 Å². The normalized spacial score (nSPS) is 38.3. The fourth-order valence-electron chi connectivity index (χ4n) is 2.72. The minimum Gasteiger partial charge on any atom is -0.458 e. The minimum atomic E-state index is -0.167. The van der Waals surface area contributed by atoms with Crippen LogP contribution in [-0.4, -0.2) is 12.1 Å². The molecule has 2 rings (SSSR count). The molecule has 0 spiro atoms. The van der Waals surface area contributed by atoms with E-state index in [2.05, 4.69) is 26.8 Å². The van der Waals surface area contributed by atoms with Gasteiger partial charge in [-0.2, -0.15) is 0 Å². The fourth-order valence-corrected chi connectivity index (χ4v) is 2.72. The first-order chi connectivity index (χ1) is 6.43. The summed E-state index contributed by atoms with van der Waals surface area (Å²) in [5.74, 6) is 1.27. The van der Waals surface area contributed by atoms with Crippen LogP contribution in [0.25, 0.3) is 0 Å².